The van der Waals surface area contributed by atoms with Crippen LogP contribution in [0.15, 0.2) is 18.2 Å². The minimum absolute atomic E-state index is 0.0181. The predicted molar refractivity (Wildman–Crippen MR) is 47.8 cm³/mol. The van der Waals surface area contributed by atoms with Gasteiger partial charge in [-0.15, -0.1) is 0 Å². The van der Waals surface area contributed by atoms with Gasteiger partial charge in [-0.05, 0) is 12.1 Å². The molecule has 4 nitrogen and oxygen atoms in total. The first-order valence-electron chi connectivity index (χ1n) is 3.36. The molecule has 6 heteroatoms. The van der Waals surface area contributed by atoms with E-state index in [1.807, 2.05) is 0 Å². The lowest BCUT2D eigenvalue weighted by atomic mass is 10.3. The Balaban J connectivity index is 2.89. The summed E-state index contributed by atoms with van der Waals surface area (Å²) in [7, 11) is 0. The average molecular weight is 204 g/mol. The minimum atomic E-state index is -0.707. The molecule has 0 saturated carbocycles. The van der Waals surface area contributed by atoms with E-state index in [2.05, 4.69) is 5.32 Å². The Morgan fingerprint density at radius 2 is 2.23 bits per heavy atom. The summed E-state index contributed by atoms with van der Waals surface area (Å²) in [6.07, 6.45) is 0. The van der Waals surface area contributed by atoms with Crippen molar-refractivity contribution in [1.29, 1.82) is 0 Å². The maximum Gasteiger partial charge on any atom is 0.333 e. The van der Waals surface area contributed by atoms with Crippen LogP contribution in [0.5, 0.6) is 0 Å². The van der Waals surface area contributed by atoms with Crippen LogP contribution in [0.2, 0.25) is 5.02 Å². The zero-order chi connectivity index (χ0) is 9.84. The first-order chi connectivity index (χ1) is 6.15. The van der Waals surface area contributed by atoms with Crippen LogP contribution in [0.25, 0.3) is 0 Å². The lowest BCUT2D eigenvalue weighted by molar-refractivity contribution is 0.252. The van der Waals surface area contributed by atoms with Gasteiger partial charge in [-0.1, -0.05) is 17.7 Å². The van der Waals surface area contributed by atoms with Crippen LogP contribution in [-0.2, 0) is 0 Å². The number of carbonyl (C=O) groups excluding carboxylic acids is 1. The van der Waals surface area contributed by atoms with Crippen LogP contribution in [-0.4, -0.2) is 6.03 Å². The number of hydrogen-bond acceptors (Lipinski definition) is 2. The first kappa shape index (κ1) is 9.76. The SMILES string of the molecule is NNC(=O)Nc1cccc(Cl)c1F. The molecule has 0 heterocycles. The lowest BCUT2D eigenvalue weighted by Gasteiger charge is -2.05. The Morgan fingerprint density at radius 1 is 1.54 bits per heavy atom. The molecule has 0 spiro atoms. The summed E-state index contributed by atoms with van der Waals surface area (Å²) in [6, 6.07) is 3.55. The Bertz CT molecular complexity index is 332. The summed E-state index contributed by atoms with van der Waals surface area (Å²) in [5.41, 5.74) is 1.78. The fraction of sp³-hybridized carbons (Fsp3) is 0. The second kappa shape index (κ2) is 4.06. The van der Waals surface area contributed by atoms with Crippen molar-refractivity contribution in [3.05, 3.63) is 29.0 Å². The molecule has 1 aromatic carbocycles. The van der Waals surface area contributed by atoms with Gasteiger partial charge in [0.2, 0.25) is 0 Å². The number of amides is 2. The second-order valence-electron chi connectivity index (χ2n) is 2.20. The van der Waals surface area contributed by atoms with Crippen molar-refractivity contribution in [1.82, 2.24) is 5.43 Å². The van der Waals surface area contributed by atoms with Crippen molar-refractivity contribution in [2.45, 2.75) is 0 Å². The fourth-order valence-electron chi connectivity index (χ4n) is 0.759. The molecular weight excluding hydrogens is 197 g/mol. The third kappa shape index (κ3) is 2.30. The predicted octanol–water partition coefficient (Wildman–Crippen LogP) is 1.47. The topological polar surface area (TPSA) is 67.1 Å². The number of hydrogen-bond donors (Lipinski definition) is 3. The van der Waals surface area contributed by atoms with Gasteiger partial charge in [0, 0.05) is 0 Å². The van der Waals surface area contributed by atoms with E-state index in [1.165, 1.54) is 18.2 Å². The highest BCUT2D eigenvalue weighted by Crippen LogP contribution is 2.21. The molecule has 1 aromatic rings. The second-order valence-corrected chi connectivity index (χ2v) is 2.61. The quantitative estimate of drug-likeness (QED) is 0.368. The molecule has 0 radical (unpaired) electrons. The molecule has 0 atom stereocenters. The molecule has 0 aliphatic rings. The summed E-state index contributed by atoms with van der Waals surface area (Å²) < 4.78 is 13.1. The van der Waals surface area contributed by atoms with Gasteiger partial charge in [0.15, 0.2) is 5.82 Å². The maximum absolute atomic E-state index is 13.1. The molecule has 0 saturated heterocycles. The summed E-state index contributed by atoms with van der Waals surface area (Å²) >= 11 is 5.46. The van der Waals surface area contributed by atoms with Crippen LogP contribution in [0.1, 0.15) is 0 Å². The van der Waals surface area contributed by atoms with Crippen LogP contribution in [0.4, 0.5) is 14.9 Å². The molecule has 2 amide bonds. The molecule has 4 N–H and O–H groups in total. The molecule has 0 aliphatic carbocycles. The highest BCUT2D eigenvalue weighted by atomic mass is 35.5. The number of nitrogens with one attached hydrogen (secondary N) is 2. The van der Waals surface area contributed by atoms with Gasteiger partial charge in [0.25, 0.3) is 0 Å². The number of nitrogens with two attached hydrogens (primary N) is 1. The highest BCUT2D eigenvalue weighted by molar-refractivity contribution is 6.31. The van der Waals surface area contributed by atoms with Gasteiger partial charge >= 0.3 is 6.03 Å². The number of carbonyl (C=O) groups is 1. The fourth-order valence-corrected chi connectivity index (χ4v) is 0.933. The van der Waals surface area contributed by atoms with Gasteiger partial charge in [0.1, 0.15) is 0 Å². The number of anilines is 1. The third-order valence-electron chi connectivity index (χ3n) is 1.33. The molecule has 0 aliphatic heterocycles. The third-order valence-corrected chi connectivity index (χ3v) is 1.62. The van der Waals surface area contributed by atoms with Crippen molar-refractivity contribution in [3.8, 4) is 0 Å². The molecular formula is C7H7ClFN3O. The molecule has 0 fully saturated rings. The number of rotatable bonds is 1. The largest absolute Gasteiger partial charge is 0.333 e. The normalized spacial score (nSPS) is 9.46. The van der Waals surface area contributed by atoms with Crippen LogP contribution in [0.3, 0.4) is 0 Å². The summed E-state index contributed by atoms with van der Waals surface area (Å²) in [5.74, 6) is 4.10. The minimum Gasteiger partial charge on any atom is -0.304 e. The van der Waals surface area contributed by atoms with Gasteiger partial charge in [-0.3, -0.25) is 5.43 Å². The van der Waals surface area contributed by atoms with Crippen LogP contribution in [0, 0.1) is 5.82 Å². The van der Waals surface area contributed by atoms with Crippen molar-refractivity contribution in [2.24, 2.45) is 5.84 Å². The molecule has 1 rings (SSSR count). The molecule has 70 valence electrons. The van der Waals surface area contributed by atoms with Crippen molar-refractivity contribution < 1.29 is 9.18 Å². The first-order valence-corrected chi connectivity index (χ1v) is 3.74. The van der Waals surface area contributed by atoms with Crippen LogP contribution < -0.4 is 16.6 Å². The Morgan fingerprint density at radius 3 is 2.85 bits per heavy atom. The van der Waals surface area contributed by atoms with Crippen molar-refractivity contribution in [2.75, 3.05) is 5.32 Å². The number of hydrazine groups is 1. The van der Waals surface area contributed by atoms with E-state index >= 15 is 0 Å². The van der Waals surface area contributed by atoms with Gasteiger partial charge in [0.05, 0.1) is 10.7 Å². The van der Waals surface area contributed by atoms with E-state index in [-0.39, 0.29) is 10.7 Å². The average Bonchev–Trinajstić information content (AvgIpc) is 2.13. The van der Waals surface area contributed by atoms with E-state index in [4.69, 9.17) is 17.4 Å². The maximum atomic E-state index is 13.1. The Hall–Kier alpha value is -1.33. The van der Waals surface area contributed by atoms with Crippen LogP contribution >= 0.6 is 11.6 Å². The molecule has 0 unspecified atom stereocenters. The molecule has 0 aromatic heterocycles. The van der Waals surface area contributed by atoms with E-state index < -0.39 is 11.8 Å². The smallest absolute Gasteiger partial charge is 0.304 e. The van der Waals surface area contributed by atoms with E-state index in [0.29, 0.717) is 0 Å². The van der Waals surface area contributed by atoms with Gasteiger partial charge in [-0.2, -0.15) is 0 Å². The van der Waals surface area contributed by atoms with Crippen molar-refractivity contribution >= 4 is 23.3 Å². The van der Waals surface area contributed by atoms with Gasteiger partial charge in [-0.25, -0.2) is 15.0 Å². The summed E-state index contributed by atoms with van der Waals surface area (Å²) in [6.45, 7) is 0. The Labute approximate surface area is 78.8 Å². The van der Waals surface area contributed by atoms with Gasteiger partial charge < -0.3 is 5.32 Å². The Kier molecular flexibility index (Phi) is 3.05. The standard InChI is InChI=1S/C7H7ClFN3O/c8-4-2-1-3-5(6(4)9)11-7(13)12-10/h1-3H,10H2,(H2,11,12,13). The lowest BCUT2D eigenvalue weighted by Crippen LogP contribution is -2.34. The van der Waals surface area contributed by atoms with Crippen molar-refractivity contribution in [3.63, 3.8) is 0 Å². The number of benzene rings is 1. The zero-order valence-electron chi connectivity index (χ0n) is 6.47. The number of urea groups is 1. The summed E-state index contributed by atoms with van der Waals surface area (Å²) in [4.78, 5) is 10.7. The van der Waals surface area contributed by atoms with E-state index in [1.54, 1.807) is 5.43 Å². The zero-order valence-corrected chi connectivity index (χ0v) is 7.23. The highest BCUT2D eigenvalue weighted by Gasteiger charge is 2.07. The van der Waals surface area contributed by atoms with E-state index in [9.17, 15) is 9.18 Å². The summed E-state index contributed by atoms with van der Waals surface area (Å²) in [5, 5.41) is 2.11. The molecule has 13 heavy (non-hydrogen) atoms. The monoisotopic (exact) mass is 203 g/mol. The van der Waals surface area contributed by atoms with E-state index in [0.717, 1.165) is 0 Å². The number of halogens is 2. The molecule has 0 bridgehead atoms.